The van der Waals surface area contributed by atoms with E-state index >= 15 is 0 Å². The van der Waals surface area contributed by atoms with Crippen LogP contribution in [-0.4, -0.2) is 46.4 Å². The third-order valence-electron chi connectivity index (χ3n) is 4.80. The lowest BCUT2D eigenvalue weighted by molar-refractivity contribution is -0.384. The van der Waals surface area contributed by atoms with Gasteiger partial charge < -0.3 is 21.5 Å². The summed E-state index contributed by atoms with van der Waals surface area (Å²) in [6.45, 7) is 0.337. The van der Waals surface area contributed by atoms with E-state index in [9.17, 15) is 29.6 Å². The van der Waals surface area contributed by atoms with Crippen LogP contribution >= 0.6 is 0 Å². The second-order valence-electron chi connectivity index (χ2n) is 7.25. The predicted octanol–water partition coefficient (Wildman–Crippen LogP) is 1.63. The van der Waals surface area contributed by atoms with Gasteiger partial charge in [-0.15, -0.1) is 0 Å². The average Bonchev–Trinajstić information content (AvgIpc) is 2.78. The molecule has 0 saturated heterocycles. The van der Waals surface area contributed by atoms with Crippen molar-refractivity contribution in [1.82, 2.24) is 10.6 Å². The molecule has 0 aliphatic heterocycles. The van der Waals surface area contributed by atoms with Crippen LogP contribution in [0.1, 0.15) is 35.2 Å². The Labute approximate surface area is 185 Å². The number of nitrogens with one attached hydrogen (secondary N) is 2. The molecule has 5 N–H and O–H groups in total. The number of carboxylic acid groups (broad SMARTS) is 1. The number of unbranched alkanes of at least 4 members (excludes halogenated alkanes) is 1. The number of hydrogen-bond donors (Lipinski definition) is 4. The molecule has 2 aromatic rings. The standard InChI is InChI=1S/C22H26N4O6/c23-18(14-15-6-2-1-3-7-15)21(28)24-13-5-4-8-19(22(29)30)25-20(27)16-9-11-17(12-10-16)26(31)32/h1-3,6-7,9-12,18-19H,4-5,8,13-14,23H2,(H,24,28)(H,25,27)(H,29,30)/t18-,19+/m0/s1. The molecular formula is C22H26N4O6. The maximum absolute atomic E-state index is 12.2. The molecule has 10 nitrogen and oxygen atoms in total. The molecule has 2 atom stereocenters. The van der Waals surface area contributed by atoms with Gasteiger partial charge in [0.2, 0.25) is 5.91 Å². The first-order valence-electron chi connectivity index (χ1n) is 10.1. The summed E-state index contributed by atoms with van der Waals surface area (Å²) in [7, 11) is 0. The largest absolute Gasteiger partial charge is 0.480 e. The predicted molar refractivity (Wildman–Crippen MR) is 117 cm³/mol. The number of rotatable bonds is 12. The first kappa shape index (κ1) is 24.5. The number of nitrogens with zero attached hydrogens (tertiary/aromatic N) is 1. The number of nitro groups is 1. The van der Waals surface area contributed by atoms with E-state index in [0.29, 0.717) is 25.8 Å². The Kier molecular flexibility index (Phi) is 9.30. The summed E-state index contributed by atoms with van der Waals surface area (Å²) in [5, 5.41) is 25.2. The zero-order valence-corrected chi connectivity index (χ0v) is 17.4. The number of nitrogens with two attached hydrogens (primary N) is 1. The number of aliphatic carboxylic acids is 1. The normalized spacial score (nSPS) is 12.4. The summed E-state index contributed by atoms with van der Waals surface area (Å²) in [6.07, 6.45) is 1.55. The van der Waals surface area contributed by atoms with Crippen molar-refractivity contribution < 1.29 is 24.4 Å². The molecular weight excluding hydrogens is 416 g/mol. The Morgan fingerprint density at radius 1 is 1.03 bits per heavy atom. The number of benzene rings is 2. The van der Waals surface area contributed by atoms with Gasteiger partial charge in [-0.25, -0.2) is 4.79 Å². The fourth-order valence-corrected chi connectivity index (χ4v) is 3.01. The van der Waals surface area contributed by atoms with Gasteiger partial charge in [0, 0.05) is 24.2 Å². The number of carbonyl (C=O) groups is 3. The number of nitro benzene ring substituents is 1. The quantitative estimate of drug-likeness (QED) is 0.220. The Morgan fingerprint density at radius 3 is 2.28 bits per heavy atom. The average molecular weight is 442 g/mol. The number of amides is 2. The van der Waals surface area contributed by atoms with Crippen molar-refractivity contribution in [3.63, 3.8) is 0 Å². The lowest BCUT2D eigenvalue weighted by Gasteiger charge is -2.15. The lowest BCUT2D eigenvalue weighted by atomic mass is 10.1. The fourth-order valence-electron chi connectivity index (χ4n) is 3.01. The molecule has 0 aromatic heterocycles. The van der Waals surface area contributed by atoms with Crippen molar-refractivity contribution in [1.29, 1.82) is 0 Å². The molecule has 2 rings (SSSR count). The van der Waals surface area contributed by atoms with E-state index in [2.05, 4.69) is 10.6 Å². The van der Waals surface area contributed by atoms with Crippen molar-refractivity contribution >= 4 is 23.5 Å². The summed E-state index contributed by atoms with van der Waals surface area (Å²) >= 11 is 0. The molecule has 0 radical (unpaired) electrons. The smallest absolute Gasteiger partial charge is 0.326 e. The molecule has 0 fully saturated rings. The highest BCUT2D eigenvalue weighted by molar-refractivity contribution is 5.96. The van der Waals surface area contributed by atoms with Crippen molar-refractivity contribution in [2.24, 2.45) is 5.73 Å². The topological polar surface area (TPSA) is 165 Å². The number of carbonyl (C=O) groups excluding carboxylic acids is 2. The molecule has 2 amide bonds. The van der Waals surface area contributed by atoms with Gasteiger partial charge >= 0.3 is 5.97 Å². The van der Waals surface area contributed by atoms with Crippen LogP contribution in [0.3, 0.4) is 0 Å². The minimum absolute atomic E-state index is 0.126. The molecule has 0 spiro atoms. The fraction of sp³-hybridized carbons (Fsp3) is 0.318. The van der Waals surface area contributed by atoms with E-state index < -0.39 is 28.9 Å². The monoisotopic (exact) mass is 442 g/mol. The molecule has 0 saturated carbocycles. The van der Waals surface area contributed by atoms with Gasteiger partial charge in [0.05, 0.1) is 11.0 Å². The van der Waals surface area contributed by atoms with Crippen LogP contribution in [0.5, 0.6) is 0 Å². The van der Waals surface area contributed by atoms with Gasteiger partial charge in [-0.1, -0.05) is 30.3 Å². The Hall–Kier alpha value is -3.79. The van der Waals surface area contributed by atoms with Crippen LogP contribution in [-0.2, 0) is 16.0 Å². The summed E-state index contributed by atoms with van der Waals surface area (Å²) in [5.41, 5.74) is 6.84. The SMILES string of the molecule is N[C@@H](Cc1ccccc1)C(=O)NCCCC[C@@H](NC(=O)c1ccc([N+](=O)[O-])cc1)C(=O)O. The van der Waals surface area contributed by atoms with E-state index in [1.165, 1.54) is 24.3 Å². The molecule has 0 bridgehead atoms. The maximum Gasteiger partial charge on any atom is 0.326 e. The van der Waals surface area contributed by atoms with E-state index in [1.807, 2.05) is 30.3 Å². The third kappa shape index (κ3) is 7.80. The first-order valence-corrected chi connectivity index (χ1v) is 10.1. The minimum Gasteiger partial charge on any atom is -0.480 e. The number of non-ortho nitro benzene ring substituents is 1. The van der Waals surface area contributed by atoms with Crippen LogP contribution in [0.15, 0.2) is 54.6 Å². The van der Waals surface area contributed by atoms with Crippen molar-refractivity contribution in [2.75, 3.05) is 6.54 Å². The molecule has 32 heavy (non-hydrogen) atoms. The van der Waals surface area contributed by atoms with Gasteiger partial charge in [-0.3, -0.25) is 19.7 Å². The summed E-state index contributed by atoms with van der Waals surface area (Å²) in [6, 6.07) is 12.5. The van der Waals surface area contributed by atoms with E-state index in [0.717, 1.165) is 5.56 Å². The van der Waals surface area contributed by atoms with Crippen molar-refractivity contribution in [3.05, 3.63) is 75.8 Å². The zero-order valence-electron chi connectivity index (χ0n) is 17.4. The zero-order chi connectivity index (χ0) is 23.5. The molecule has 2 aromatic carbocycles. The van der Waals surface area contributed by atoms with Gasteiger partial charge in [0.1, 0.15) is 6.04 Å². The second kappa shape index (κ2) is 12.2. The Balaban J connectivity index is 1.73. The third-order valence-corrected chi connectivity index (χ3v) is 4.80. The van der Waals surface area contributed by atoms with Crippen molar-refractivity contribution in [3.8, 4) is 0 Å². The molecule has 0 unspecified atom stereocenters. The molecule has 10 heteroatoms. The van der Waals surface area contributed by atoms with E-state index in [-0.39, 0.29) is 23.6 Å². The van der Waals surface area contributed by atoms with E-state index in [4.69, 9.17) is 5.73 Å². The van der Waals surface area contributed by atoms with Crippen LogP contribution < -0.4 is 16.4 Å². The van der Waals surface area contributed by atoms with Gasteiger partial charge in [-0.2, -0.15) is 0 Å². The highest BCUT2D eigenvalue weighted by Crippen LogP contribution is 2.12. The molecule has 170 valence electrons. The van der Waals surface area contributed by atoms with Crippen molar-refractivity contribution in [2.45, 2.75) is 37.8 Å². The van der Waals surface area contributed by atoms with Crippen LogP contribution in [0.4, 0.5) is 5.69 Å². The number of carboxylic acids is 1. The van der Waals surface area contributed by atoms with Gasteiger partial charge in [0.15, 0.2) is 0 Å². The van der Waals surface area contributed by atoms with Crippen LogP contribution in [0.2, 0.25) is 0 Å². The Bertz CT molecular complexity index is 933. The minimum atomic E-state index is -1.19. The van der Waals surface area contributed by atoms with Crippen LogP contribution in [0.25, 0.3) is 0 Å². The van der Waals surface area contributed by atoms with Gasteiger partial charge in [0.25, 0.3) is 11.6 Å². The molecule has 0 aliphatic carbocycles. The van der Waals surface area contributed by atoms with E-state index in [1.54, 1.807) is 0 Å². The number of hydrogen-bond acceptors (Lipinski definition) is 6. The second-order valence-corrected chi connectivity index (χ2v) is 7.25. The highest BCUT2D eigenvalue weighted by Gasteiger charge is 2.21. The molecule has 0 aliphatic rings. The highest BCUT2D eigenvalue weighted by atomic mass is 16.6. The summed E-state index contributed by atoms with van der Waals surface area (Å²) in [5.74, 6) is -2.10. The lowest BCUT2D eigenvalue weighted by Crippen LogP contribution is -2.42. The summed E-state index contributed by atoms with van der Waals surface area (Å²) in [4.78, 5) is 45.9. The Morgan fingerprint density at radius 2 is 1.69 bits per heavy atom. The van der Waals surface area contributed by atoms with Gasteiger partial charge in [-0.05, 0) is 43.4 Å². The molecule has 0 heterocycles. The first-order chi connectivity index (χ1) is 15.3. The maximum atomic E-state index is 12.2. The summed E-state index contributed by atoms with van der Waals surface area (Å²) < 4.78 is 0. The van der Waals surface area contributed by atoms with Crippen LogP contribution in [0, 0.1) is 10.1 Å².